The third-order valence-corrected chi connectivity index (χ3v) is 20.6. The van der Waals surface area contributed by atoms with Gasteiger partial charge in [0, 0.05) is 53.4 Å². The number of esters is 4. The van der Waals surface area contributed by atoms with Gasteiger partial charge in [-0.1, -0.05) is 149 Å². The van der Waals surface area contributed by atoms with E-state index in [1.165, 1.54) is 31.4 Å². The van der Waals surface area contributed by atoms with Crippen molar-refractivity contribution in [1.29, 1.82) is 0 Å². The van der Waals surface area contributed by atoms with E-state index in [9.17, 15) is 57.7 Å². The molecule has 2 amide bonds. The topological polar surface area (TPSA) is 269 Å². The Kier molecular flexibility index (Phi) is 32.3. The molecule has 2 aromatic heterocycles. The van der Waals surface area contributed by atoms with E-state index >= 15 is 0 Å². The van der Waals surface area contributed by atoms with Gasteiger partial charge in [0.15, 0.2) is 0 Å². The van der Waals surface area contributed by atoms with Crippen molar-refractivity contribution in [2.75, 3.05) is 44.2 Å². The number of amides is 2. The van der Waals surface area contributed by atoms with Gasteiger partial charge in [-0.3, -0.25) is 28.8 Å². The average Bonchev–Trinajstić information content (AvgIpc) is 1.59. The van der Waals surface area contributed by atoms with Crippen LogP contribution in [-0.4, -0.2) is 124 Å². The lowest BCUT2D eigenvalue weighted by molar-refractivity contribution is -0.156. The molecule has 2 fully saturated rings. The smallest absolute Gasteiger partial charge is 0.469 e. The van der Waals surface area contributed by atoms with E-state index in [0.29, 0.717) is 74.7 Å². The van der Waals surface area contributed by atoms with Crippen molar-refractivity contribution in [2.45, 2.75) is 141 Å². The average molecular weight is 1560 g/mol. The Labute approximate surface area is 665 Å². The molecule has 10 rings (SSSR count). The van der Waals surface area contributed by atoms with Crippen LogP contribution in [0.1, 0.15) is 136 Å². The zero-order valence-corrected chi connectivity index (χ0v) is 65.3. The first-order valence-electron chi connectivity index (χ1n) is 38.8. The molecular weight excluding hydrogens is 1460 g/mol. The van der Waals surface area contributed by atoms with Gasteiger partial charge in [0.05, 0.1) is 72.6 Å². The summed E-state index contributed by atoms with van der Waals surface area (Å²) in [6.45, 7) is 22.9. The molecule has 6 unspecified atom stereocenters. The number of ether oxygens (including phenoxy) is 6. The maximum atomic E-state index is 14.4. The molecule has 0 aliphatic heterocycles. The number of nitrogens with zero attached hydrogens (tertiary/aromatic N) is 2. The SMILES string of the molecule is C=CC1CC(C=C)C(C(=O)OCCOC(=O)C[C@H](O)C[C@H](O)CCn2c(-c3ccc(F)cc3)c(-c3ccccc3)c(C(=O)Nc3ccccc3)c2C(C)C)C1.C=CC1CC(C=C)C(C(=O)OCCOC(=O)O[C@@H](CC(=O)OC)C[C@H](O)CCn2c(-c3ccc(F)cc3)c(-c3ccccc3)c(C(=O)Nc3ccccc3)c2C(C)C)C1. The predicted octanol–water partition coefficient (Wildman–Crippen LogP) is 17.5. The van der Waals surface area contributed by atoms with Crippen molar-refractivity contribution >= 4 is 53.2 Å². The van der Waals surface area contributed by atoms with Gasteiger partial charge in [0.2, 0.25) is 0 Å². The van der Waals surface area contributed by atoms with Gasteiger partial charge in [0.1, 0.15) is 44.2 Å². The minimum atomic E-state index is -1.19. The maximum absolute atomic E-state index is 14.4. The standard InChI is InChI=1S/C47H53FN2O9.C45H51FN2O7/c1-6-31-26-32(7-2)39(27-31)46(54)57-24-25-58-47(55)59-38(29-40(52)56-5)28-37(51)22-23-50-43(30(3)4)42(45(53)49-36-16-12-9-13-17-36)41(33-14-10-8-11-15-33)44(50)34-18-20-35(48)21-19-34;1-5-30-25-31(6-2)38(26-30)45(53)55-24-23-54-39(51)28-37(50)27-36(49)21-22-48-42(29(3)4)41(44(52)47-35-15-11-8-12-16-35)40(32-13-9-7-10-14-32)43(48)33-17-19-34(46)20-18-33/h6-21,30-32,37-39,51H,1-2,22-29H2,3-5H3,(H,49,53);5-20,29-31,36-38,49-50H,1-2,21-28H2,3-4H3,(H,47,52)/t31?,32?,37-,38-,39?;30?,31?,36-,37-,38?/m11/s1. The number of hydrogen-bond acceptors (Lipinski definition) is 16. The minimum Gasteiger partial charge on any atom is -0.469 e. The molecule has 6 aromatic carbocycles. The molecule has 0 spiro atoms. The number of benzene rings is 6. The number of carbonyl (C=O) groups is 7. The molecule has 2 heterocycles. The first-order chi connectivity index (χ1) is 54.9. The van der Waals surface area contributed by atoms with Crippen LogP contribution < -0.4 is 10.6 Å². The number of anilines is 2. The van der Waals surface area contributed by atoms with Gasteiger partial charge in [-0.05, 0) is 176 Å². The number of halogens is 2. The molecule has 602 valence electrons. The molecule has 20 nitrogen and oxygen atoms in total. The largest absolute Gasteiger partial charge is 0.508 e. The molecule has 2 saturated carbocycles. The van der Waals surface area contributed by atoms with E-state index in [0.717, 1.165) is 29.7 Å². The van der Waals surface area contributed by atoms with Crippen molar-refractivity contribution in [3.05, 3.63) is 255 Å². The van der Waals surface area contributed by atoms with E-state index in [4.69, 9.17) is 28.4 Å². The predicted molar refractivity (Wildman–Crippen MR) is 435 cm³/mol. The fourth-order valence-electron chi connectivity index (χ4n) is 15.2. The number of allylic oxidation sites excluding steroid dienone is 4. The highest BCUT2D eigenvalue weighted by Crippen LogP contribution is 2.46. The summed E-state index contributed by atoms with van der Waals surface area (Å²) < 4.78 is 63.9. The van der Waals surface area contributed by atoms with E-state index in [1.54, 1.807) is 48.6 Å². The Bertz CT molecular complexity index is 4570. The quantitative estimate of drug-likeness (QED) is 0.0105. The van der Waals surface area contributed by atoms with Crippen molar-refractivity contribution in [3.63, 3.8) is 0 Å². The second kappa shape index (κ2) is 42.5. The van der Waals surface area contributed by atoms with Gasteiger partial charge < -0.3 is 63.5 Å². The highest BCUT2D eigenvalue weighted by molar-refractivity contribution is 6.13. The second-order valence-electron chi connectivity index (χ2n) is 29.3. The van der Waals surface area contributed by atoms with Crippen LogP contribution in [0.2, 0.25) is 0 Å². The van der Waals surface area contributed by atoms with Crippen LogP contribution in [0.15, 0.2) is 220 Å². The fourth-order valence-corrected chi connectivity index (χ4v) is 15.2. The van der Waals surface area contributed by atoms with Gasteiger partial charge in [-0.2, -0.15) is 0 Å². The summed E-state index contributed by atoms with van der Waals surface area (Å²) in [6, 6.07) is 49.4. The molecule has 114 heavy (non-hydrogen) atoms. The molecule has 0 bridgehead atoms. The Morgan fingerprint density at radius 1 is 0.465 bits per heavy atom. The van der Waals surface area contributed by atoms with E-state index < -0.39 is 60.1 Å². The zero-order valence-electron chi connectivity index (χ0n) is 65.3. The number of aliphatic hydroxyl groups excluding tert-OH is 3. The van der Waals surface area contributed by atoms with Crippen LogP contribution in [0.3, 0.4) is 0 Å². The van der Waals surface area contributed by atoms with Crippen LogP contribution in [0.25, 0.3) is 44.8 Å². The number of nitrogens with one attached hydrogen (secondary N) is 2. The van der Waals surface area contributed by atoms with Crippen molar-refractivity contribution in [1.82, 2.24) is 9.13 Å². The normalized spacial score (nSPS) is 17.4. The van der Waals surface area contributed by atoms with Gasteiger partial charge in [0.25, 0.3) is 11.8 Å². The number of carbonyl (C=O) groups excluding carboxylic acids is 7. The molecule has 22 heteroatoms. The molecule has 5 N–H and O–H groups in total. The third kappa shape index (κ3) is 23.4. The summed E-state index contributed by atoms with van der Waals surface area (Å²) >= 11 is 0. The Balaban J connectivity index is 0.000000262. The Hall–Kier alpha value is -11.3. The van der Waals surface area contributed by atoms with Crippen molar-refractivity contribution < 1.29 is 86.1 Å². The molecule has 8 aromatic rings. The van der Waals surface area contributed by atoms with E-state index in [2.05, 4.69) is 36.9 Å². The number of para-hydroxylation sites is 2. The number of rotatable bonds is 37. The lowest BCUT2D eigenvalue weighted by Gasteiger charge is -2.22. The number of methoxy groups -OCH3 is 1. The number of aromatic nitrogens is 2. The van der Waals surface area contributed by atoms with Gasteiger partial charge in [-0.25, -0.2) is 13.6 Å². The summed E-state index contributed by atoms with van der Waals surface area (Å²) in [5.41, 5.74) is 9.18. The van der Waals surface area contributed by atoms with Crippen molar-refractivity contribution in [2.24, 2.45) is 35.5 Å². The molecule has 2 aliphatic rings. The van der Waals surface area contributed by atoms with Gasteiger partial charge >= 0.3 is 30.0 Å². The molecular formula is C92H104F2N4O16. The number of hydrogen-bond donors (Lipinski definition) is 5. The van der Waals surface area contributed by atoms with Crippen LogP contribution in [-0.2, 0) is 60.7 Å². The Morgan fingerprint density at radius 3 is 1.24 bits per heavy atom. The zero-order chi connectivity index (χ0) is 82.0. The summed E-state index contributed by atoms with van der Waals surface area (Å²) in [7, 11) is 1.20. The minimum absolute atomic E-state index is 0.00991. The summed E-state index contributed by atoms with van der Waals surface area (Å²) in [5, 5.41) is 39.4. The lowest BCUT2D eigenvalue weighted by Crippen LogP contribution is -2.29. The molecule has 10 atom stereocenters. The highest BCUT2D eigenvalue weighted by atomic mass is 19.1. The monoisotopic (exact) mass is 1560 g/mol. The van der Waals surface area contributed by atoms with Crippen LogP contribution in [0.4, 0.5) is 25.0 Å². The van der Waals surface area contributed by atoms with Gasteiger partial charge in [-0.15, -0.1) is 26.3 Å². The number of aliphatic hydroxyl groups is 3. The second-order valence-corrected chi connectivity index (χ2v) is 29.3. The first-order valence-corrected chi connectivity index (χ1v) is 38.8. The van der Waals surface area contributed by atoms with Crippen molar-refractivity contribution in [3.8, 4) is 44.8 Å². The molecule has 0 saturated heterocycles. The lowest BCUT2D eigenvalue weighted by atomic mass is 9.94. The summed E-state index contributed by atoms with van der Waals surface area (Å²) in [5.74, 6) is -4.16. The Morgan fingerprint density at radius 2 is 0.851 bits per heavy atom. The van der Waals surface area contributed by atoms with E-state index in [-0.39, 0.29) is 143 Å². The van der Waals surface area contributed by atoms with Crippen LogP contribution in [0.5, 0.6) is 0 Å². The fraction of sp³-hybridized carbons (Fsp3) is 0.359. The third-order valence-electron chi connectivity index (χ3n) is 20.6. The van der Waals surface area contributed by atoms with Crippen LogP contribution in [0, 0.1) is 47.1 Å². The highest BCUT2D eigenvalue weighted by Gasteiger charge is 2.39. The molecule has 0 radical (unpaired) electrons. The van der Waals surface area contributed by atoms with Crippen LogP contribution >= 0.6 is 0 Å². The summed E-state index contributed by atoms with van der Waals surface area (Å²) in [6.07, 6.45) is 3.80. The maximum Gasteiger partial charge on any atom is 0.508 e. The molecule has 2 aliphatic carbocycles. The first kappa shape index (κ1) is 86.7. The summed E-state index contributed by atoms with van der Waals surface area (Å²) in [4.78, 5) is 91.6. The van der Waals surface area contributed by atoms with E-state index in [1.807, 2.05) is 158 Å².